The van der Waals surface area contributed by atoms with Crippen molar-refractivity contribution in [2.45, 2.75) is 45.5 Å². The summed E-state index contributed by atoms with van der Waals surface area (Å²) in [6, 6.07) is 7.63. The zero-order valence-electron chi connectivity index (χ0n) is 14.9. The minimum absolute atomic E-state index is 0.0480. The van der Waals surface area contributed by atoms with Crippen molar-refractivity contribution < 1.29 is 9.90 Å². The van der Waals surface area contributed by atoms with Gasteiger partial charge in [0, 0.05) is 0 Å². The van der Waals surface area contributed by atoms with Gasteiger partial charge < -0.3 is 15.0 Å². The Bertz CT molecular complexity index is 691. The molecule has 24 heavy (non-hydrogen) atoms. The van der Waals surface area contributed by atoms with Gasteiger partial charge in [0.25, 0.3) is 0 Å². The highest BCUT2D eigenvalue weighted by Crippen LogP contribution is 2.21. The highest BCUT2D eigenvalue weighted by atomic mass is 32.2. The number of hydrogen-bond donors (Lipinski definition) is 2. The number of aliphatic hydroxyl groups is 1. The molecule has 0 bridgehead atoms. The van der Waals surface area contributed by atoms with E-state index in [0.29, 0.717) is 0 Å². The van der Waals surface area contributed by atoms with Crippen LogP contribution in [-0.2, 0) is 17.1 Å². The number of para-hydroxylation sites is 2. The molecule has 1 heterocycles. The van der Waals surface area contributed by atoms with E-state index in [0.717, 1.165) is 29.0 Å². The van der Waals surface area contributed by atoms with E-state index >= 15 is 0 Å². The molecular formula is C18H27N3O2S. The molecule has 2 N–H and O–H groups in total. The van der Waals surface area contributed by atoms with E-state index in [1.54, 1.807) is 11.8 Å². The van der Waals surface area contributed by atoms with Crippen LogP contribution in [0.3, 0.4) is 0 Å². The first kappa shape index (κ1) is 18.8. The van der Waals surface area contributed by atoms with Gasteiger partial charge >= 0.3 is 0 Å². The molecule has 2 aromatic rings. The Labute approximate surface area is 147 Å². The molecule has 1 atom stereocenters. The van der Waals surface area contributed by atoms with Crippen LogP contribution in [0.5, 0.6) is 0 Å². The number of imidazole rings is 1. The molecule has 0 aliphatic carbocycles. The molecule has 0 spiro atoms. The maximum Gasteiger partial charge on any atom is 0.240 e. The lowest BCUT2D eigenvalue weighted by molar-refractivity contribution is -0.122. The monoisotopic (exact) mass is 349 g/mol. The number of thioether (sulfide) groups is 1. The number of benzene rings is 1. The normalized spacial score (nSPS) is 13.2. The van der Waals surface area contributed by atoms with Gasteiger partial charge in [-0.05, 0) is 30.2 Å². The predicted molar refractivity (Wildman–Crippen MR) is 100 cm³/mol. The minimum atomic E-state index is -0.226. The van der Waals surface area contributed by atoms with Gasteiger partial charge in [0.2, 0.25) is 5.91 Å². The number of aliphatic hydroxyl groups excluding tert-OH is 1. The van der Waals surface area contributed by atoms with Crippen LogP contribution < -0.4 is 5.32 Å². The second-order valence-electron chi connectivity index (χ2n) is 7.25. The molecule has 0 aliphatic rings. The van der Waals surface area contributed by atoms with Crippen molar-refractivity contribution in [2.75, 3.05) is 12.9 Å². The second kappa shape index (κ2) is 8.03. The number of hydrogen-bond acceptors (Lipinski definition) is 4. The number of carbonyl (C=O) groups excluding carboxylic acids is 1. The Hall–Kier alpha value is -1.53. The Balaban J connectivity index is 2.16. The number of carbonyl (C=O) groups is 1. The van der Waals surface area contributed by atoms with Crippen molar-refractivity contribution in [3.63, 3.8) is 0 Å². The van der Waals surface area contributed by atoms with Gasteiger partial charge in [-0.3, -0.25) is 4.79 Å². The van der Waals surface area contributed by atoms with Crippen LogP contribution in [0.1, 0.15) is 33.0 Å². The number of fused-ring (bicyclic) bond motifs is 1. The van der Waals surface area contributed by atoms with E-state index < -0.39 is 0 Å². The molecule has 0 fully saturated rings. The van der Waals surface area contributed by atoms with Gasteiger partial charge in [0.05, 0.1) is 29.4 Å². The van der Waals surface area contributed by atoms with Gasteiger partial charge in [0.15, 0.2) is 0 Å². The van der Waals surface area contributed by atoms with Crippen molar-refractivity contribution in [3.05, 3.63) is 30.1 Å². The molecular weight excluding hydrogens is 322 g/mol. The van der Waals surface area contributed by atoms with E-state index in [-0.39, 0.29) is 30.5 Å². The molecule has 1 unspecified atom stereocenters. The molecule has 0 radical (unpaired) electrons. The van der Waals surface area contributed by atoms with Crippen molar-refractivity contribution >= 4 is 28.7 Å². The van der Waals surface area contributed by atoms with Gasteiger partial charge in [-0.25, -0.2) is 4.98 Å². The Kier molecular flexibility index (Phi) is 6.29. The van der Waals surface area contributed by atoms with E-state index in [9.17, 15) is 9.90 Å². The summed E-state index contributed by atoms with van der Waals surface area (Å²) < 4.78 is 1.96. The fourth-order valence-corrected chi connectivity index (χ4v) is 3.34. The average Bonchev–Trinajstić information content (AvgIpc) is 2.83. The first-order valence-electron chi connectivity index (χ1n) is 8.17. The molecule has 5 nitrogen and oxygen atoms in total. The zero-order chi connectivity index (χ0) is 17.7. The van der Waals surface area contributed by atoms with E-state index in [2.05, 4.69) is 31.1 Å². The quantitative estimate of drug-likeness (QED) is 0.807. The number of amides is 1. The lowest BCUT2D eigenvalue weighted by atomic mass is 9.88. The molecule has 2 rings (SSSR count). The summed E-state index contributed by atoms with van der Waals surface area (Å²) in [5, 5.41) is 12.5. The zero-order valence-corrected chi connectivity index (χ0v) is 15.7. The molecule has 132 valence electrons. The molecule has 1 aromatic heterocycles. The SMILES string of the molecule is CSCc1nc2ccccc2n1CC(=O)NC(CO)CC(C)(C)C. The summed E-state index contributed by atoms with van der Waals surface area (Å²) >= 11 is 1.68. The fourth-order valence-electron chi connectivity index (χ4n) is 2.86. The Morgan fingerprint density at radius 2 is 2.08 bits per heavy atom. The van der Waals surface area contributed by atoms with E-state index in [4.69, 9.17) is 0 Å². The Morgan fingerprint density at radius 1 is 1.38 bits per heavy atom. The second-order valence-corrected chi connectivity index (χ2v) is 8.11. The van der Waals surface area contributed by atoms with Crippen LogP contribution in [0.15, 0.2) is 24.3 Å². The summed E-state index contributed by atoms with van der Waals surface area (Å²) in [4.78, 5) is 17.1. The maximum atomic E-state index is 12.5. The van der Waals surface area contributed by atoms with E-state index in [1.165, 1.54) is 0 Å². The van der Waals surface area contributed by atoms with E-state index in [1.807, 2.05) is 35.1 Å². The molecule has 6 heteroatoms. The topological polar surface area (TPSA) is 67.2 Å². The molecule has 1 amide bonds. The summed E-state index contributed by atoms with van der Waals surface area (Å²) in [5.41, 5.74) is 1.92. The molecule has 0 saturated carbocycles. The average molecular weight is 350 g/mol. The first-order chi connectivity index (χ1) is 11.3. The smallest absolute Gasteiger partial charge is 0.240 e. The van der Waals surface area contributed by atoms with Crippen LogP contribution in [0.4, 0.5) is 0 Å². The van der Waals surface area contributed by atoms with Gasteiger partial charge in [-0.1, -0.05) is 32.9 Å². The van der Waals surface area contributed by atoms with Crippen LogP contribution in [0.25, 0.3) is 11.0 Å². The van der Waals surface area contributed by atoms with Crippen LogP contribution in [0, 0.1) is 5.41 Å². The number of rotatable bonds is 7. The first-order valence-corrected chi connectivity index (χ1v) is 9.56. The van der Waals surface area contributed by atoms with Crippen molar-refractivity contribution in [3.8, 4) is 0 Å². The minimum Gasteiger partial charge on any atom is -0.394 e. The van der Waals surface area contributed by atoms with Gasteiger partial charge in [0.1, 0.15) is 12.4 Å². The third-order valence-corrected chi connectivity index (χ3v) is 4.30. The third-order valence-electron chi connectivity index (χ3n) is 3.75. The molecule has 1 aromatic carbocycles. The molecule has 0 aliphatic heterocycles. The van der Waals surface area contributed by atoms with Crippen LogP contribution in [-0.4, -0.2) is 39.5 Å². The lowest BCUT2D eigenvalue weighted by Crippen LogP contribution is -2.41. The highest BCUT2D eigenvalue weighted by molar-refractivity contribution is 7.97. The van der Waals surface area contributed by atoms with Crippen molar-refractivity contribution in [1.29, 1.82) is 0 Å². The predicted octanol–water partition coefficient (Wildman–Crippen LogP) is 2.81. The summed E-state index contributed by atoms with van der Waals surface area (Å²) in [5.74, 6) is 1.56. The standard InChI is InChI=1S/C18H27N3O2S/c1-18(2,3)9-13(11-22)19-17(23)10-21-15-8-6-5-7-14(15)20-16(21)12-24-4/h5-8,13,22H,9-12H2,1-4H3,(H,19,23). The fraction of sp³-hybridized carbons (Fsp3) is 0.556. The lowest BCUT2D eigenvalue weighted by Gasteiger charge is -2.25. The number of aromatic nitrogens is 2. The highest BCUT2D eigenvalue weighted by Gasteiger charge is 2.21. The number of nitrogens with zero attached hydrogens (tertiary/aromatic N) is 2. The summed E-state index contributed by atoms with van der Waals surface area (Å²) in [6.07, 6.45) is 2.76. The number of nitrogens with one attached hydrogen (secondary N) is 1. The maximum absolute atomic E-state index is 12.5. The van der Waals surface area contributed by atoms with Gasteiger partial charge in [-0.2, -0.15) is 11.8 Å². The van der Waals surface area contributed by atoms with Crippen molar-refractivity contribution in [1.82, 2.24) is 14.9 Å². The Morgan fingerprint density at radius 3 is 2.71 bits per heavy atom. The molecule has 0 saturated heterocycles. The van der Waals surface area contributed by atoms with Gasteiger partial charge in [-0.15, -0.1) is 0 Å². The van der Waals surface area contributed by atoms with Crippen LogP contribution >= 0.6 is 11.8 Å². The van der Waals surface area contributed by atoms with Crippen molar-refractivity contribution in [2.24, 2.45) is 5.41 Å². The summed E-state index contributed by atoms with van der Waals surface area (Å²) in [7, 11) is 0. The third kappa shape index (κ3) is 4.98. The summed E-state index contributed by atoms with van der Waals surface area (Å²) in [6.45, 7) is 6.47. The largest absolute Gasteiger partial charge is 0.394 e. The van der Waals surface area contributed by atoms with Crippen LogP contribution in [0.2, 0.25) is 0 Å².